The summed E-state index contributed by atoms with van der Waals surface area (Å²) in [7, 11) is 4.31. The number of likely N-dealkylation sites (N-methyl/N-ethyl adjacent to an activating group) is 2. The number of hydrogen-bond acceptors (Lipinski definition) is 0. The molecule has 0 aromatic carbocycles. The summed E-state index contributed by atoms with van der Waals surface area (Å²) < 4.78 is 2.26. The maximum Gasteiger partial charge on any atom is 0.325 e. The summed E-state index contributed by atoms with van der Waals surface area (Å²) in [6, 6.07) is 0.731. The Hall–Kier alpha value is -0.370. The summed E-state index contributed by atoms with van der Waals surface area (Å²) in [5.41, 5.74) is 0. The van der Waals surface area contributed by atoms with E-state index < -0.39 is 0 Å². The second-order valence-electron chi connectivity index (χ2n) is 2.69. The maximum absolute atomic E-state index is 2.26. The molecule has 1 heterocycles. The lowest BCUT2D eigenvalue weighted by Gasteiger charge is -1.94. The van der Waals surface area contributed by atoms with Gasteiger partial charge in [0.25, 0.3) is 0 Å². The van der Waals surface area contributed by atoms with Gasteiger partial charge in [-0.2, -0.15) is 4.58 Å². The number of nitrogens with one attached hydrogen (secondary N) is 1. The zero-order valence-corrected chi connectivity index (χ0v) is 5.81. The molecule has 0 radical (unpaired) electrons. The lowest BCUT2D eigenvalue weighted by atomic mass is 10.3. The van der Waals surface area contributed by atoms with Crippen LogP contribution in [-0.2, 0) is 0 Å². The van der Waals surface area contributed by atoms with Gasteiger partial charge in [0.05, 0.1) is 7.05 Å². The van der Waals surface area contributed by atoms with E-state index >= 15 is 0 Å². The van der Waals surface area contributed by atoms with Crippen molar-refractivity contribution >= 4 is 6.34 Å². The molecule has 46 valence electrons. The maximum atomic E-state index is 2.26. The van der Waals surface area contributed by atoms with Crippen molar-refractivity contribution in [2.45, 2.75) is 13.0 Å². The minimum Gasteiger partial charge on any atom is -0.251 e. The summed E-state index contributed by atoms with van der Waals surface area (Å²) in [6.45, 7) is 3.49. The van der Waals surface area contributed by atoms with Crippen molar-refractivity contribution in [3.63, 3.8) is 0 Å². The van der Waals surface area contributed by atoms with Gasteiger partial charge in [0, 0.05) is 6.92 Å². The van der Waals surface area contributed by atoms with Crippen LogP contribution in [0.15, 0.2) is 0 Å². The molecule has 0 aliphatic carbocycles. The Morgan fingerprint density at radius 3 is 2.50 bits per heavy atom. The van der Waals surface area contributed by atoms with Gasteiger partial charge < -0.3 is 0 Å². The fourth-order valence-corrected chi connectivity index (χ4v) is 1.14. The third kappa shape index (κ3) is 0.892. The standard InChI is InChI=1S/C6H13N2/c1-6-4-7(2)5-8(6)3/h5-6H,4H2,1-3H3/q+1/p+1. The predicted octanol–water partition coefficient (Wildman–Crippen LogP) is -1.43. The highest BCUT2D eigenvalue weighted by Gasteiger charge is 2.24. The van der Waals surface area contributed by atoms with Crippen molar-refractivity contribution in [3.05, 3.63) is 0 Å². The van der Waals surface area contributed by atoms with Crippen molar-refractivity contribution in [2.24, 2.45) is 0 Å². The third-order valence-electron chi connectivity index (χ3n) is 1.74. The van der Waals surface area contributed by atoms with Gasteiger partial charge in [-0.05, 0) is 0 Å². The minimum atomic E-state index is 0.731. The van der Waals surface area contributed by atoms with Gasteiger partial charge in [0.15, 0.2) is 0 Å². The normalized spacial score (nSPS) is 37.6. The molecule has 0 bridgehead atoms. The van der Waals surface area contributed by atoms with Crippen LogP contribution < -0.4 is 4.90 Å². The molecule has 1 aliphatic heterocycles. The Bertz CT molecular complexity index is 118. The molecule has 0 saturated carbocycles. The van der Waals surface area contributed by atoms with Crippen LogP contribution in [0.3, 0.4) is 0 Å². The van der Waals surface area contributed by atoms with Gasteiger partial charge in [0.1, 0.15) is 13.6 Å². The molecule has 2 nitrogen and oxygen atoms in total. The molecule has 0 amide bonds. The monoisotopic (exact) mass is 114 g/mol. The van der Waals surface area contributed by atoms with Crippen LogP contribution >= 0.6 is 0 Å². The highest BCUT2D eigenvalue weighted by Crippen LogP contribution is 1.83. The Morgan fingerprint density at radius 1 is 1.75 bits per heavy atom. The molecule has 0 spiro atoms. The summed E-state index contributed by atoms with van der Waals surface area (Å²) >= 11 is 0. The summed E-state index contributed by atoms with van der Waals surface area (Å²) in [5, 5.41) is 0. The van der Waals surface area contributed by atoms with E-state index in [2.05, 4.69) is 31.9 Å². The van der Waals surface area contributed by atoms with E-state index in [4.69, 9.17) is 0 Å². The first kappa shape index (κ1) is 5.76. The van der Waals surface area contributed by atoms with E-state index in [1.165, 1.54) is 11.4 Å². The Morgan fingerprint density at radius 2 is 2.38 bits per heavy atom. The second-order valence-corrected chi connectivity index (χ2v) is 2.69. The van der Waals surface area contributed by atoms with Crippen molar-refractivity contribution in [1.29, 1.82) is 0 Å². The van der Waals surface area contributed by atoms with E-state index in [0.717, 1.165) is 6.04 Å². The zero-order chi connectivity index (χ0) is 6.15. The summed E-state index contributed by atoms with van der Waals surface area (Å²) in [5.74, 6) is 0. The highest BCUT2D eigenvalue weighted by molar-refractivity contribution is 5.36. The number of nitrogens with zero attached hydrogens (tertiary/aromatic N) is 1. The van der Waals surface area contributed by atoms with E-state index in [-0.39, 0.29) is 0 Å². The van der Waals surface area contributed by atoms with Crippen LogP contribution in [0.5, 0.6) is 0 Å². The van der Waals surface area contributed by atoms with Gasteiger partial charge in [-0.25, -0.2) is 0 Å². The molecule has 1 aliphatic rings. The first-order valence-corrected chi connectivity index (χ1v) is 3.09. The van der Waals surface area contributed by atoms with Crippen molar-refractivity contribution < 1.29 is 9.48 Å². The average Bonchev–Trinajstić information content (AvgIpc) is 1.85. The molecule has 0 aromatic rings. The van der Waals surface area contributed by atoms with Crippen molar-refractivity contribution in [3.8, 4) is 0 Å². The molecule has 0 aromatic heterocycles. The van der Waals surface area contributed by atoms with Gasteiger partial charge >= 0.3 is 6.34 Å². The van der Waals surface area contributed by atoms with Crippen LogP contribution in [0, 0.1) is 0 Å². The molecule has 2 unspecified atom stereocenters. The molecule has 2 atom stereocenters. The molecular weight excluding hydrogens is 100 g/mol. The smallest absolute Gasteiger partial charge is 0.251 e. The van der Waals surface area contributed by atoms with Gasteiger partial charge in [-0.3, -0.25) is 4.90 Å². The molecule has 0 fully saturated rings. The van der Waals surface area contributed by atoms with Crippen molar-refractivity contribution in [1.82, 2.24) is 0 Å². The van der Waals surface area contributed by atoms with Gasteiger partial charge in [-0.15, -0.1) is 0 Å². The highest BCUT2D eigenvalue weighted by atomic mass is 15.3. The molecule has 2 heteroatoms. The number of rotatable bonds is 0. The van der Waals surface area contributed by atoms with Crippen LogP contribution in [0.1, 0.15) is 6.92 Å². The molecule has 1 rings (SSSR count). The van der Waals surface area contributed by atoms with E-state index in [0.29, 0.717) is 0 Å². The third-order valence-corrected chi connectivity index (χ3v) is 1.74. The topological polar surface area (TPSA) is 7.45 Å². The lowest BCUT2D eigenvalue weighted by molar-refractivity contribution is -0.770. The largest absolute Gasteiger partial charge is 0.325 e. The lowest BCUT2D eigenvalue weighted by Crippen LogP contribution is -3.07. The fraction of sp³-hybridized carbons (Fsp3) is 0.833. The quantitative estimate of drug-likeness (QED) is 0.369. The second kappa shape index (κ2) is 1.86. The van der Waals surface area contributed by atoms with Crippen LogP contribution in [0.4, 0.5) is 0 Å². The minimum absolute atomic E-state index is 0.731. The zero-order valence-electron chi connectivity index (χ0n) is 5.81. The molecule has 0 saturated heterocycles. The summed E-state index contributed by atoms with van der Waals surface area (Å²) in [4.78, 5) is 1.50. The van der Waals surface area contributed by atoms with Crippen LogP contribution in [0.25, 0.3) is 0 Å². The molecule has 8 heavy (non-hydrogen) atoms. The van der Waals surface area contributed by atoms with E-state index in [1.807, 2.05) is 0 Å². The fourth-order valence-electron chi connectivity index (χ4n) is 1.14. The Kier molecular flexibility index (Phi) is 1.34. The Labute approximate surface area is 50.4 Å². The summed E-state index contributed by atoms with van der Waals surface area (Å²) in [6.07, 6.45) is 2.21. The Balaban J connectivity index is 2.59. The number of quaternary nitrogens is 1. The molecule has 1 N–H and O–H groups in total. The average molecular weight is 114 g/mol. The first-order valence-electron chi connectivity index (χ1n) is 3.09. The van der Waals surface area contributed by atoms with Gasteiger partial charge in [0.2, 0.25) is 6.04 Å². The van der Waals surface area contributed by atoms with Crippen LogP contribution in [-0.4, -0.2) is 37.6 Å². The SMILES string of the molecule is CC1C[NH+](C)C=[N+]1C. The number of hydrogen-bond donors (Lipinski definition) is 1. The van der Waals surface area contributed by atoms with E-state index in [9.17, 15) is 0 Å². The van der Waals surface area contributed by atoms with Crippen molar-refractivity contribution in [2.75, 3.05) is 20.6 Å². The molecular formula is C6H14N2+2. The van der Waals surface area contributed by atoms with Gasteiger partial charge in [-0.1, -0.05) is 0 Å². The van der Waals surface area contributed by atoms with Crippen LogP contribution in [0.2, 0.25) is 0 Å². The first-order chi connectivity index (χ1) is 3.70. The predicted molar refractivity (Wildman–Crippen MR) is 33.5 cm³/mol. The van der Waals surface area contributed by atoms with E-state index in [1.54, 1.807) is 0 Å².